The zero-order chi connectivity index (χ0) is 17.6. The van der Waals surface area contributed by atoms with Crippen molar-refractivity contribution in [3.63, 3.8) is 0 Å². The van der Waals surface area contributed by atoms with Crippen LogP contribution in [0.1, 0.15) is 17.0 Å². The van der Waals surface area contributed by atoms with Crippen molar-refractivity contribution in [1.82, 2.24) is 10.6 Å². The zero-order valence-electron chi connectivity index (χ0n) is 14.0. The molecule has 0 aliphatic carbocycles. The van der Waals surface area contributed by atoms with E-state index in [9.17, 15) is 9.59 Å². The van der Waals surface area contributed by atoms with Crippen LogP contribution in [0.4, 0.5) is 0 Å². The van der Waals surface area contributed by atoms with E-state index in [2.05, 4.69) is 10.6 Å². The van der Waals surface area contributed by atoms with Crippen LogP contribution in [0.2, 0.25) is 0 Å². The molecule has 0 bridgehead atoms. The molecule has 2 aromatic rings. The predicted octanol–water partition coefficient (Wildman–Crippen LogP) is 1.60. The fourth-order valence-corrected chi connectivity index (χ4v) is 2.68. The number of benzene rings is 2. The average Bonchev–Trinajstić information content (AvgIpc) is 3.09. The van der Waals surface area contributed by atoms with Gasteiger partial charge in [0.1, 0.15) is 24.0 Å². The maximum Gasteiger partial charge on any atom is 0.239 e. The molecule has 0 saturated carbocycles. The third-order valence-corrected chi connectivity index (χ3v) is 4.09. The highest BCUT2D eigenvalue weighted by Crippen LogP contribution is 2.33. The van der Waals surface area contributed by atoms with Crippen molar-refractivity contribution in [2.45, 2.75) is 12.5 Å². The highest BCUT2D eigenvalue weighted by Gasteiger charge is 2.29. The van der Waals surface area contributed by atoms with Gasteiger partial charge in [0.05, 0.1) is 13.7 Å². The Morgan fingerprint density at radius 2 is 1.88 bits per heavy atom. The van der Waals surface area contributed by atoms with Crippen molar-refractivity contribution in [1.29, 1.82) is 0 Å². The summed E-state index contributed by atoms with van der Waals surface area (Å²) >= 11 is 0. The fraction of sp³-hybridized carbons (Fsp3) is 0.263. The van der Waals surface area contributed by atoms with Crippen molar-refractivity contribution < 1.29 is 19.1 Å². The van der Waals surface area contributed by atoms with Crippen LogP contribution in [0.5, 0.6) is 11.5 Å². The van der Waals surface area contributed by atoms with Crippen LogP contribution in [0.25, 0.3) is 0 Å². The van der Waals surface area contributed by atoms with Gasteiger partial charge in [-0.25, -0.2) is 0 Å². The lowest BCUT2D eigenvalue weighted by Gasteiger charge is -2.11. The molecule has 0 unspecified atom stereocenters. The summed E-state index contributed by atoms with van der Waals surface area (Å²) in [5.41, 5.74) is 1.82. The first kappa shape index (κ1) is 16.8. The predicted molar refractivity (Wildman–Crippen MR) is 92.5 cm³/mol. The molecule has 6 nitrogen and oxygen atoms in total. The van der Waals surface area contributed by atoms with E-state index in [1.807, 2.05) is 48.5 Å². The number of fused-ring (bicyclic) bond motifs is 1. The highest BCUT2D eigenvalue weighted by atomic mass is 16.5. The topological polar surface area (TPSA) is 76.7 Å². The second-order valence-corrected chi connectivity index (χ2v) is 5.74. The van der Waals surface area contributed by atoms with Gasteiger partial charge in [0, 0.05) is 12.1 Å². The van der Waals surface area contributed by atoms with Gasteiger partial charge >= 0.3 is 0 Å². The molecule has 130 valence electrons. The van der Waals surface area contributed by atoms with E-state index in [4.69, 9.17) is 9.47 Å². The summed E-state index contributed by atoms with van der Waals surface area (Å²) in [5.74, 6) is 0.680. The molecular formula is C19H20N2O4. The van der Waals surface area contributed by atoms with Gasteiger partial charge in [-0.3, -0.25) is 9.59 Å². The normalized spacial score (nSPS) is 15.0. The van der Waals surface area contributed by atoms with E-state index >= 15 is 0 Å². The molecule has 0 saturated heterocycles. The molecular weight excluding hydrogens is 320 g/mol. The van der Waals surface area contributed by atoms with E-state index in [1.54, 1.807) is 7.11 Å². The van der Waals surface area contributed by atoms with Crippen molar-refractivity contribution in [2.24, 2.45) is 0 Å². The minimum absolute atomic E-state index is 0.0619. The number of rotatable bonds is 6. The summed E-state index contributed by atoms with van der Waals surface area (Å²) < 4.78 is 10.6. The highest BCUT2D eigenvalue weighted by molar-refractivity contribution is 5.89. The van der Waals surface area contributed by atoms with Crippen molar-refractivity contribution in [3.8, 4) is 11.5 Å². The van der Waals surface area contributed by atoms with Gasteiger partial charge in [-0.05, 0) is 23.8 Å². The van der Waals surface area contributed by atoms with Crippen LogP contribution in [-0.4, -0.2) is 32.1 Å². The molecule has 6 heteroatoms. The van der Waals surface area contributed by atoms with E-state index in [0.29, 0.717) is 13.2 Å². The molecule has 1 aliphatic heterocycles. The zero-order valence-corrected chi connectivity index (χ0v) is 14.0. The van der Waals surface area contributed by atoms with Crippen molar-refractivity contribution in [3.05, 3.63) is 59.7 Å². The van der Waals surface area contributed by atoms with Gasteiger partial charge in [0.15, 0.2) is 0 Å². The number of methoxy groups -OCH3 is 1. The van der Waals surface area contributed by atoms with E-state index in [1.165, 1.54) is 0 Å². The van der Waals surface area contributed by atoms with Gasteiger partial charge in [-0.1, -0.05) is 30.3 Å². The summed E-state index contributed by atoms with van der Waals surface area (Å²) in [6, 6.07) is 14.9. The molecule has 25 heavy (non-hydrogen) atoms. The summed E-state index contributed by atoms with van der Waals surface area (Å²) in [6.45, 7) is 0.639. The van der Waals surface area contributed by atoms with E-state index in [-0.39, 0.29) is 24.3 Å². The number of ether oxygens (including phenoxy) is 2. The monoisotopic (exact) mass is 340 g/mol. The van der Waals surface area contributed by atoms with Crippen LogP contribution in [-0.2, 0) is 16.1 Å². The number of carbonyl (C=O) groups excluding carboxylic acids is 2. The maximum atomic E-state index is 12.3. The Bertz CT molecular complexity index is 758. The minimum atomic E-state index is -0.370. The molecule has 1 aliphatic rings. The summed E-state index contributed by atoms with van der Waals surface area (Å²) in [5, 5.41) is 5.44. The summed E-state index contributed by atoms with van der Waals surface area (Å²) in [4.78, 5) is 24.2. The number of hydrogen-bond donors (Lipinski definition) is 2. The number of nitrogens with one attached hydrogen (secondary N) is 2. The first-order valence-electron chi connectivity index (χ1n) is 8.06. The lowest BCUT2D eigenvalue weighted by Crippen LogP contribution is -2.39. The second kappa shape index (κ2) is 7.70. The first-order valence-corrected chi connectivity index (χ1v) is 8.06. The maximum absolute atomic E-state index is 12.3. The van der Waals surface area contributed by atoms with Crippen LogP contribution in [0, 0.1) is 0 Å². The lowest BCUT2D eigenvalue weighted by atomic mass is 10.0. The Morgan fingerprint density at radius 3 is 2.64 bits per heavy atom. The van der Waals surface area contributed by atoms with Crippen LogP contribution in [0.15, 0.2) is 48.5 Å². The first-order chi connectivity index (χ1) is 12.2. The van der Waals surface area contributed by atoms with Gasteiger partial charge in [0.25, 0.3) is 0 Å². The molecule has 3 rings (SSSR count). The Balaban J connectivity index is 1.45. The molecule has 0 aromatic heterocycles. The minimum Gasteiger partial charge on any atom is -0.497 e. The summed E-state index contributed by atoms with van der Waals surface area (Å²) in [7, 11) is 1.60. The van der Waals surface area contributed by atoms with Crippen molar-refractivity contribution >= 4 is 11.8 Å². The SMILES string of the molecule is COc1ccc(CNC(=O)CNC(=O)[C@H]2COc3ccccc32)cc1. The lowest BCUT2D eigenvalue weighted by molar-refractivity contribution is -0.127. The number of hydrogen-bond acceptors (Lipinski definition) is 4. The van der Waals surface area contributed by atoms with E-state index < -0.39 is 0 Å². The van der Waals surface area contributed by atoms with Crippen molar-refractivity contribution in [2.75, 3.05) is 20.3 Å². The number of carbonyl (C=O) groups is 2. The molecule has 1 atom stereocenters. The van der Waals surface area contributed by atoms with Crippen LogP contribution in [0.3, 0.4) is 0 Å². The molecule has 0 spiro atoms. The van der Waals surface area contributed by atoms with Crippen LogP contribution < -0.4 is 20.1 Å². The van der Waals surface area contributed by atoms with Crippen LogP contribution >= 0.6 is 0 Å². The van der Waals surface area contributed by atoms with Gasteiger partial charge in [0.2, 0.25) is 11.8 Å². The van der Waals surface area contributed by atoms with Gasteiger partial charge in [-0.15, -0.1) is 0 Å². The average molecular weight is 340 g/mol. The third kappa shape index (κ3) is 4.09. The Kier molecular flexibility index (Phi) is 5.18. The number of para-hydroxylation sites is 1. The quantitative estimate of drug-likeness (QED) is 0.837. The standard InChI is InChI=1S/C19H20N2O4/c1-24-14-8-6-13(7-9-14)10-20-18(22)11-21-19(23)16-12-25-17-5-3-2-4-15(16)17/h2-9,16H,10-12H2,1H3,(H,20,22)(H,21,23)/t16-/m0/s1. The Morgan fingerprint density at radius 1 is 1.12 bits per heavy atom. The molecule has 1 heterocycles. The Labute approximate surface area is 146 Å². The second-order valence-electron chi connectivity index (χ2n) is 5.74. The molecule has 2 N–H and O–H groups in total. The third-order valence-electron chi connectivity index (χ3n) is 4.09. The Hall–Kier alpha value is -3.02. The molecule has 0 radical (unpaired) electrons. The van der Waals surface area contributed by atoms with Gasteiger partial charge < -0.3 is 20.1 Å². The number of amides is 2. The molecule has 0 fully saturated rings. The summed E-state index contributed by atoms with van der Waals surface area (Å²) in [6.07, 6.45) is 0. The van der Waals surface area contributed by atoms with E-state index in [0.717, 1.165) is 22.6 Å². The largest absolute Gasteiger partial charge is 0.497 e. The fourth-order valence-electron chi connectivity index (χ4n) is 2.68. The molecule has 2 amide bonds. The van der Waals surface area contributed by atoms with Gasteiger partial charge in [-0.2, -0.15) is 0 Å². The molecule has 2 aromatic carbocycles. The smallest absolute Gasteiger partial charge is 0.239 e.